The molecular weight excluding hydrogens is 789 g/mol. The number of rotatable bonds is 6. The molecule has 4 heteroatoms. The minimum Gasteiger partial charge on any atom is -0.294 e. The van der Waals surface area contributed by atoms with Crippen molar-refractivity contribution < 1.29 is 0 Å². The van der Waals surface area contributed by atoms with Crippen molar-refractivity contribution in [2.75, 3.05) is 0 Å². The summed E-state index contributed by atoms with van der Waals surface area (Å²) in [6.07, 6.45) is 1.96. The summed E-state index contributed by atoms with van der Waals surface area (Å²) in [6.45, 7) is 32.2. The van der Waals surface area contributed by atoms with Crippen molar-refractivity contribution in [2.45, 2.75) is 124 Å². The van der Waals surface area contributed by atoms with Gasteiger partial charge in [-0.25, -0.2) is 4.98 Å². The molecule has 0 fully saturated rings. The Kier molecular flexibility index (Phi) is 10.4. The second-order valence-corrected chi connectivity index (χ2v) is 23.0. The molecule has 3 heterocycles. The lowest BCUT2D eigenvalue weighted by Gasteiger charge is -2.26. The second kappa shape index (κ2) is 15.4. The Morgan fingerprint density at radius 1 is 0.431 bits per heavy atom. The van der Waals surface area contributed by atoms with Gasteiger partial charge in [-0.15, -0.1) is 0 Å². The zero-order valence-corrected chi connectivity index (χ0v) is 41.1. The Morgan fingerprint density at radius 2 is 1.02 bits per heavy atom. The topological polar surface area (TPSA) is 23.8 Å². The van der Waals surface area contributed by atoms with Crippen LogP contribution in [0.2, 0.25) is 0 Å². The molecule has 1 aliphatic rings. The van der Waals surface area contributed by atoms with Gasteiger partial charge in [-0.3, -0.25) is 4.57 Å². The maximum atomic E-state index is 4.97. The molecule has 0 saturated heterocycles. The molecule has 0 N–H and O–H groups in total. The third-order valence-corrected chi connectivity index (χ3v) is 13.7. The van der Waals surface area contributed by atoms with Gasteiger partial charge in [-0.2, -0.15) is 0 Å². The molecule has 2 aromatic heterocycles. The molecule has 1 aliphatic heterocycles. The second-order valence-electron chi connectivity index (χ2n) is 23.0. The van der Waals surface area contributed by atoms with Crippen molar-refractivity contribution >= 4 is 50.6 Å². The number of fused-ring (bicyclic) bond motifs is 4. The van der Waals surface area contributed by atoms with Crippen LogP contribution in [0.25, 0.3) is 38.8 Å². The first-order valence-corrected chi connectivity index (χ1v) is 23.4. The lowest BCUT2D eigenvalue weighted by atomic mass is 9.77. The van der Waals surface area contributed by atoms with Gasteiger partial charge in [-0.1, -0.05) is 176 Å². The van der Waals surface area contributed by atoms with Gasteiger partial charge < -0.3 is 0 Å². The van der Waals surface area contributed by atoms with E-state index in [4.69, 9.17) is 4.98 Å². The monoisotopic (exact) mass is 855 g/mol. The summed E-state index contributed by atoms with van der Waals surface area (Å²) >= 11 is 0. The fraction of sp³-hybridized carbons (Fsp3) is 0.311. The summed E-state index contributed by atoms with van der Waals surface area (Å²) in [5.41, 5.74) is 16.4. The number of benzene rings is 6. The van der Waals surface area contributed by atoms with Gasteiger partial charge >= 0.3 is 11.7 Å². The fourth-order valence-electron chi connectivity index (χ4n) is 9.34. The summed E-state index contributed by atoms with van der Waals surface area (Å²) < 4.78 is 6.96. The van der Waals surface area contributed by atoms with Gasteiger partial charge in [0.1, 0.15) is 5.82 Å². The van der Waals surface area contributed by atoms with E-state index in [9.17, 15) is 0 Å². The Labute approximate surface area is 387 Å². The smallest absolute Gasteiger partial charge is 0.294 e. The third-order valence-electron chi connectivity index (χ3n) is 13.7. The van der Waals surface area contributed by atoms with Crippen LogP contribution in [-0.4, -0.2) is 15.6 Å². The summed E-state index contributed by atoms with van der Waals surface area (Å²) in [5, 5.41) is 2.45. The number of para-hydroxylation sites is 2. The van der Waals surface area contributed by atoms with Crippen LogP contribution >= 0.6 is 0 Å². The summed E-state index contributed by atoms with van der Waals surface area (Å²) in [6, 6.07) is 56.2. The van der Waals surface area contributed by atoms with E-state index >= 15 is 0 Å². The normalized spacial score (nSPS) is 13.6. The van der Waals surface area contributed by atoms with E-state index in [0.717, 1.165) is 39.6 Å². The van der Waals surface area contributed by atoms with Crippen LogP contribution in [0.4, 0.5) is 22.7 Å². The van der Waals surface area contributed by atoms with E-state index in [1.807, 2.05) is 6.20 Å². The molecule has 8 aromatic rings. The molecule has 0 saturated carbocycles. The Morgan fingerprint density at radius 3 is 1.71 bits per heavy atom. The third kappa shape index (κ3) is 7.97. The van der Waals surface area contributed by atoms with Crippen LogP contribution in [0.5, 0.6) is 0 Å². The zero-order chi connectivity index (χ0) is 46.4. The first-order valence-electron chi connectivity index (χ1n) is 23.4. The molecule has 9 rings (SSSR count). The highest BCUT2D eigenvalue weighted by atomic mass is 15.2. The molecule has 0 amide bonds. The Bertz CT molecular complexity index is 3210. The largest absolute Gasteiger partial charge is 0.503 e. The molecule has 4 nitrogen and oxygen atoms in total. The van der Waals surface area contributed by atoms with E-state index in [0.29, 0.717) is 0 Å². The van der Waals surface area contributed by atoms with Gasteiger partial charge in [0.05, 0.1) is 16.6 Å². The van der Waals surface area contributed by atoms with Crippen LogP contribution in [0.3, 0.4) is 0 Å². The molecule has 65 heavy (non-hydrogen) atoms. The van der Waals surface area contributed by atoms with E-state index in [2.05, 4.69) is 256 Å². The van der Waals surface area contributed by atoms with E-state index in [1.165, 1.54) is 55.3 Å². The van der Waals surface area contributed by atoms with Crippen LogP contribution in [-0.2, 0) is 27.1 Å². The minimum atomic E-state index is -0.341. The van der Waals surface area contributed by atoms with Crippen molar-refractivity contribution in [3.8, 4) is 16.9 Å². The highest BCUT2D eigenvalue weighted by Crippen LogP contribution is 2.46. The number of hydrogen-bond donors (Lipinski definition) is 0. The quantitative estimate of drug-likeness (QED) is 0.153. The number of pyridine rings is 1. The molecule has 0 aliphatic carbocycles. The molecule has 6 aromatic carbocycles. The Balaban J connectivity index is 1.23. The highest BCUT2D eigenvalue weighted by molar-refractivity contribution is 6.09. The molecule has 328 valence electrons. The highest BCUT2D eigenvalue weighted by Gasteiger charge is 2.41. The standard InChI is InChI=1S/C61H66N4/c1-57(2,3)41-21-17-20-40(32-41)49-25-19-27-53-56(49)64(48-35-45(59(7,8)9)33-46(36-48)60(10,11)12)39-63(53)47-23-18-22-43(34-47)61(13,14)44-28-29-51-50-24-15-16-26-52(50)65(54(51)37-44)55-38-42(30-31-62-55)58(4,5)6/h15-38H,1-14H3/q+2. The average molecular weight is 855 g/mol. The number of aromatic nitrogens is 2. The lowest BCUT2D eigenvalue weighted by molar-refractivity contribution is 0.568. The van der Waals surface area contributed by atoms with Gasteiger partial charge in [0.25, 0.3) is 5.69 Å². The maximum Gasteiger partial charge on any atom is 0.503 e. The predicted octanol–water partition coefficient (Wildman–Crippen LogP) is 16.2. The van der Waals surface area contributed by atoms with Crippen molar-refractivity contribution in [3.05, 3.63) is 179 Å². The maximum absolute atomic E-state index is 4.97. The molecule has 0 bridgehead atoms. The number of hydrogen-bond acceptors (Lipinski definition) is 1. The summed E-state index contributed by atoms with van der Waals surface area (Å²) in [4.78, 5) is 4.97. The van der Waals surface area contributed by atoms with E-state index < -0.39 is 0 Å². The Hall–Kier alpha value is -6.35. The van der Waals surface area contributed by atoms with Crippen LogP contribution in [0.1, 0.15) is 130 Å². The average Bonchev–Trinajstić information content (AvgIpc) is 3.82. The van der Waals surface area contributed by atoms with Crippen LogP contribution in [0, 0.1) is 0 Å². The predicted molar refractivity (Wildman–Crippen MR) is 278 cm³/mol. The van der Waals surface area contributed by atoms with Crippen molar-refractivity contribution in [1.82, 2.24) is 18.7 Å². The summed E-state index contributed by atoms with van der Waals surface area (Å²) in [5.74, 6) is 0.941. The van der Waals surface area contributed by atoms with Crippen LogP contribution < -0.4 is 9.15 Å². The minimum absolute atomic E-state index is 0.00108. The first kappa shape index (κ1) is 43.9. The van der Waals surface area contributed by atoms with Gasteiger partial charge in [0.2, 0.25) is 11.4 Å². The lowest BCUT2D eigenvalue weighted by Crippen LogP contribution is -2.19. The molecule has 0 atom stereocenters. The molecule has 0 unspecified atom stereocenters. The van der Waals surface area contributed by atoms with Crippen LogP contribution in [0.15, 0.2) is 146 Å². The van der Waals surface area contributed by atoms with Gasteiger partial charge in [0, 0.05) is 52.7 Å². The molecule has 0 radical (unpaired) electrons. The number of nitrogens with zero attached hydrogens (tertiary/aromatic N) is 4. The zero-order valence-electron chi connectivity index (χ0n) is 41.1. The van der Waals surface area contributed by atoms with Gasteiger partial charge in [-0.05, 0) is 100 Å². The van der Waals surface area contributed by atoms with E-state index in [-0.39, 0.29) is 27.1 Å². The molecular formula is C61H66N4+2. The van der Waals surface area contributed by atoms with E-state index in [1.54, 1.807) is 0 Å². The summed E-state index contributed by atoms with van der Waals surface area (Å²) in [7, 11) is 0. The SMILES string of the molecule is CC(C)(C)c1cccc(-c2cccc3c2[N+](c2cc(C(C)(C)C)cc(C(C)(C)C)c2)=C=[N+]3c2cccc(C(C)(C)c3ccc4c5ccccc5n(-c5cc(C(C)(C)C)ccn5)c4c3)c2)c1. The van der Waals surface area contributed by atoms with Crippen molar-refractivity contribution in [1.29, 1.82) is 0 Å². The molecule has 0 spiro atoms. The first-order chi connectivity index (χ1) is 30.5. The van der Waals surface area contributed by atoms with Crippen molar-refractivity contribution in [3.63, 3.8) is 0 Å². The van der Waals surface area contributed by atoms with Gasteiger partial charge in [0.15, 0.2) is 0 Å². The van der Waals surface area contributed by atoms with Crippen molar-refractivity contribution in [2.24, 2.45) is 0 Å². The fourth-order valence-corrected chi connectivity index (χ4v) is 9.34.